The van der Waals surface area contributed by atoms with Gasteiger partial charge in [0.2, 0.25) is 0 Å². The maximum absolute atomic E-state index is 3.99. The minimum atomic E-state index is 0. The molecule has 2 heterocycles. The van der Waals surface area contributed by atoms with Gasteiger partial charge in [-0.1, -0.05) is 0 Å². The van der Waals surface area contributed by atoms with Crippen molar-refractivity contribution in [3.63, 3.8) is 0 Å². The summed E-state index contributed by atoms with van der Waals surface area (Å²) in [5, 5.41) is 3.33. The molecule has 0 aromatic carbocycles. The molecule has 0 amide bonds. The number of imidazole rings is 1. The number of halogens is 1. The first-order valence-corrected chi connectivity index (χ1v) is 4.35. The van der Waals surface area contributed by atoms with E-state index in [1.807, 2.05) is 6.20 Å². The fraction of sp³-hybridized carbons (Fsp3) is 0.625. The molecule has 0 aliphatic carbocycles. The van der Waals surface area contributed by atoms with Crippen LogP contribution in [0.2, 0.25) is 0 Å². The number of nitrogens with one attached hydrogen (secondary N) is 2. The van der Waals surface area contributed by atoms with Crippen molar-refractivity contribution < 1.29 is 0 Å². The van der Waals surface area contributed by atoms with Gasteiger partial charge in [0.25, 0.3) is 0 Å². The van der Waals surface area contributed by atoms with E-state index < -0.39 is 0 Å². The Morgan fingerprint density at radius 3 is 2.77 bits per heavy atom. The highest BCUT2D eigenvalue weighted by molar-refractivity contribution is 5.85. The second-order valence-corrected chi connectivity index (χ2v) is 3.10. The van der Waals surface area contributed by atoms with Crippen molar-refractivity contribution in [2.45, 2.75) is 6.54 Å². The summed E-state index contributed by atoms with van der Waals surface area (Å²) >= 11 is 0. The van der Waals surface area contributed by atoms with Crippen LogP contribution < -0.4 is 5.32 Å². The Balaban J connectivity index is 0.000000845. The zero-order valence-corrected chi connectivity index (χ0v) is 8.31. The summed E-state index contributed by atoms with van der Waals surface area (Å²) in [5.41, 5.74) is 1.21. The standard InChI is InChI=1S/C8H14N4.ClH/c1-3-12(4-2-9-1)6-8-5-10-7-11-8;/h5,7,9H,1-4,6H2,(H,10,11);1H. The van der Waals surface area contributed by atoms with Crippen LogP contribution in [0.1, 0.15) is 5.69 Å². The average Bonchev–Trinajstić information content (AvgIpc) is 2.59. The minimum absolute atomic E-state index is 0. The SMILES string of the molecule is Cl.c1ncc(CN2CCNCC2)[nH]1. The van der Waals surface area contributed by atoms with Crippen molar-refractivity contribution in [3.8, 4) is 0 Å². The number of rotatable bonds is 2. The molecule has 1 fully saturated rings. The average molecular weight is 203 g/mol. The van der Waals surface area contributed by atoms with Gasteiger partial charge >= 0.3 is 0 Å². The normalized spacial score (nSPS) is 18.2. The fourth-order valence-corrected chi connectivity index (χ4v) is 1.48. The molecular weight excluding hydrogens is 188 g/mol. The van der Waals surface area contributed by atoms with Gasteiger partial charge in [0.15, 0.2) is 0 Å². The van der Waals surface area contributed by atoms with Crippen LogP contribution in [-0.2, 0) is 6.54 Å². The molecule has 0 bridgehead atoms. The molecule has 4 nitrogen and oxygen atoms in total. The molecule has 5 heteroatoms. The second kappa shape index (κ2) is 5.21. The lowest BCUT2D eigenvalue weighted by Gasteiger charge is -2.26. The Hall–Kier alpha value is -0.580. The third kappa shape index (κ3) is 2.99. The monoisotopic (exact) mass is 202 g/mol. The van der Waals surface area contributed by atoms with E-state index in [0.29, 0.717) is 0 Å². The first kappa shape index (κ1) is 10.5. The van der Waals surface area contributed by atoms with E-state index in [4.69, 9.17) is 0 Å². The third-order valence-electron chi connectivity index (χ3n) is 2.16. The van der Waals surface area contributed by atoms with Crippen LogP contribution in [0.4, 0.5) is 0 Å². The largest absolute Gasteiger partial charge is 0.347 e. The zero-order valence-electron chi connectivity index (χ0n) is 7.49. The molecule has 13 heavy (non-hydrogen) atoms. The van der Waals surface area contributed by atoms with Gasteiger partial charge in [0.05, 0.1) is 6.33 Å². The maximum atomic E-state index is 3.99. The van der Waals surface area contributed by atoms with Crippen LogP contribution in [-0.4, -0.2) is 41.0 Å². The molecule has 1 saturated heterocycles. The number of aromatic amines is 1. The lowest BCUT2D eigenvalue weighted by molar-refractivity contribution is 0.231. The quantitative estimate of drug-likeness (QED) is 0.722. The summed E-state index contributed by atoms with van der Waals surface area (Å²) in [7, 11) is 0. The number of H-pyrrole nitrogens is 1. The van der Waals surface area contributed by atoms with E-state index >= 15 is 0 Å². The van der Waals surface area contributed by atoms with Crippen LogP contribution in [0.25, 0.3) is 0 Å². The second-order valence-electron chi connectivity index (χ2n) is 3.10. The molecule has 0 radical (unpaired) electrons. The molecule has 74 valence electrons. The Kier molecular flexibility index (Phi) is 4.21. The van der Waals surface area contributed by atoms with E-state index in [1.165, 1.54) is 5.69 Å². The topological polar surface area (TPSA) is 44.0 Å². The van der Waals surface area contributed by atoms with Gasteiger partial charge in [-0.2, -0.15) is 0 Å². The molecule has 0 spiro atoms. The number of piperazine rings is 1. The predicted octanol–water partition coefficient (Wildman–Crippen LogP) is 0.237. The lowest BCUT2D eigenvalue weighted by Crippen LogP contribution is -2.42. The molecule has 1 aromatic heterocycles. The molecule has 0 unspecified atom stereocenters. The highest BCUT2D eigenvalue weighted by Gasteiger charge is 2.09. The van der Waals surface area contributed by atoms with Crippen molar-refractivity contribution in [3.05, 3.63) is 18.2 Å². The molecular formula is C8H15ClN4. The van der Waals surface area contributed by atoms with Crippen LogP contribution >= 0.6 is 12.4 Å². The van der Waals surface area contributed by atoms with Gasteiger partial charge in [-0.3, -0.25) is 4.90 Å². The Morgan fingerprint density at radius 1 is 1.38 bits per heavy atom. The van der Waals surface area contributed by atoms with E-state index in [1.54, 1.807) is 6.33 Å². The van der Waals surface area contributed by atoms with Gasteiger partial charge < -0.3 is 10.3 Å². The molecule has 0 atom stereocenters. The first-order valence-electron chi connectivity index (χ1n) is 4.35. The predicted molar refractivity (Wildman–Crippen MR) is 54.0 cm³/mol. The summed E-state index contributed by atoms with van der Waals surface area (Å²) in [6.45, 7) is 5.49. The summed E-state index contributed by atoms with van der Waals surface area (Å²) < 4.78 is 0. The molecule has 1 aliphatic rings. The molecule has 1 aromatic rings. The van der Waals surface area contributed by atoms with Crippen LogP contribution in [0.15, 0.2) is 12.5 Å². The Labute approximate surface area is 84.1 Å². The lowest BCUT2D eigenvalue weighted by atomic mass is 10.3. The highest BCUT2D eigenvalue weighted by Crippen LogP contribution is 2.00. The Bertz CT molecular complexity index is 218. The van der Waals surface area contributed by atoms with E-state index in [0.717, 1.165) is 32.7 Å². The number of nitrogens with zero attached hydrogens (tertiary/aromatic N) is 2. The van der Waals surface area contributed by atoms with Gasteiger partial charge in [-0.25, -0.2) is 4.98 Å². The van der Waals surface area contributed by atoms with Crippen LogP contribution in [0.5, 0.6) is 0 Å². The van der Waals surface area contributed by atoms with Crippen molar-refractivity contribution in [1.82, 2.24) is 20.2 Å². The van der Waals surface area contributed by atoms with Crippen LogP contribution in [0, 0.1) is 0 Å². The highest BCUT2D eigenvalue weighted by atomic mass is 35.5. The minimum Gasteiger partial charge on any atom is -0.347 e. The maximum Gasteiger partial charge on any atom is 0.0922 e. The van der Waals surface area contributed by atoms with Crippen molar-refractivity contribution in [2.24, 2.45) is 0 Å². The van der Waals surface area contributed by atoms with Gasteiger partial charge in [0.1, 0.15) is 0 Å². The van der Waals surface area contributed by atoms with Gasteiger partial charge in [-0.05, 0) is 0 Å². The van der Waals surface area contributed by atoms with E-state index in [-0.39, 0.29) is 12.4 Å². The van der Waals surface area contributed by atoms with Crippen molar-refractivity contribution >= 4 is 12.4 Å². The zero-order chi connectivity index (χ0) is 8.23. The third-order valence-corrected chi connectivity index (χ3v) is 2.16. The summed E-state index contributed by atoms with van der Waals surface area (Å²) in [4.78, 5) is 9.52. The molecule has 1 aliphatic heterocycles. The molecule has 0 saturated carbocycles. The van der Waals surface area contributed by atoms with Gasteiger partial charge in [-0.15, -0.1) is 12.4 Å². The summed E-state index contributed by atoms with van der Waals surface area (Å²) in [5.74, 6) is 0. The van der Waals surface area contributed by atoms with E-state index in [2.05, 4.69) is 20.2 Å². The number of hydrogen-bond acceptors (Lipinski definition) is 3. The van der Waals surface area contributed by atoms with Gasteiger partial charge in [0, 0.05) is 44.6 Å². The van der Waals surface area contributed by atoms with Crippen LogP contribution in [0.3, 0.4) is 0 Å². The summed E-state index contributed by atoms with van der Waals surface area (Å²) in [6, 6.07) is 0. The Morgan fingerprint density at radius 2 is 2.15 bits per heavy atom. The first-order chi connectivity index (χ1) is 5.95. The van der Waals surface area contributed by atoms with E-state index in [9.17, 15) is 0 Å². The molecule has 2 N–H and O–H groups in total. The number of aromatic nitrogens is 2. The van der Waals surface area contributed by atoms with Crippen molar-refractivity contribution in [2.75, 3.05) is 26.2 Å². The molecule has 2 rings (SSSR count). The number of hydrogen-bond donors (Lipinski definition) is 2. The van der Waals surface area contributed by atoms with Crippen molar-refractivity contribution in [1.29, 1.82) is 0 Å². The smallest absolute Gasteiger partial charge is 0.0922 e. The fourth-order valence-electron chi connectivity index (χ4n) is 1.48. The summed E-state index contributed by atoms with van der Waals surface area (Å²) in [6.07, 6.45) is 3.62.